The highest BCUT2D eigenvalue weighted by atomic mass is 79.9. The summed E-state index contributed by atoms with van der Waals surface area (Å²) in [5.74, 6) is -2.51. The Morgan fingerprint density at radius 1 is 1.00 bits per heavy atom. The first-order valence-electron chi connectivity index (χ1n) is 5.25. The Kier molecular flexibility index (Phi) is 4.18. The van der Waals surface area contributed by atoms with Crippen LogP contribution in [0, 0.1) is 17.5 Å². The zero-order valence-corrected chi connectivity index (χ0v) is 11.8. The van der Waals surface area contributed by atoms with Crippen molar-refractivity contribution in [3.63, 3.8) is 0 Å². The van der Waals surface area contributed by atoms with E-state index in [9.17, 15) is 13.2 Å². The second kappa shape index (κ2) is 5.53. The second-order valence-electron chi connectivity index (χ2n) is 3.93. The van der Waals surface area contributed by atoms with E-state index in [1.54, 1.807) is 0 Å². The quantitative estimate of drug-likeness (QED) is 0.789. The van der Waals surface area contributed by atoms with E-state index in [0.717, 1.165) is 12.1 Å². The Hall–Kier alpha value is -1.04. The number of hydrogen-bond acceptors (Lipinski definition) is 1. The molecule has 2 aromatic rings. The Labute approximate surface area is 121 Å². The highest BCUT2D eigenvalue weighted by Gasteiger charge is 2.18. The summed E-state index contributed by atoms with van der Waals surface area (Å²) in [6.07, 6.45) is 0. The standard InChI is InChI=1S/C13H8BrClF3N/c14-9-3-6(16)1-2-7(9)13(19)8-4-11(17)12(18)5-10(8)15/h1-5,13H,19H2. The van der Waals surface area contributed by atoms with E-state index in [1.165, 1.54) is 18.2 Å². The van der Waals surface area contributed by atoms with Gasteiger partial charge in [-0.15, -0.1) is 0 Å². The monoisotopic (exact) mass is 349 g/mol. The van der Waals surface area contributed by atoms with Gasteiger partial charge < -0.3 is 5.73 Å². The molecular weight excluding hydrogens is 343 g/mol. The maximum Gasteiger partial charge on any atom is 0.160 e. The van der Waals surface area contributed by atoms with E-state index in [4.69, 9.17) is 17.3 Å². The SMILES string of the molecule is NC(c1cc(F)c(F)cc1Cl)c1ccc(F)cc1Br. The molecule has 0 bridgehead atoms. The van der Waals surface area contributed by atoms with E-state index in [2.05, 4.69) is 15.9 Å². The molecule has 0 saturated carbocycles. The largest absolute Gasteiger partial charge is 0.320 e. The minimum Gasteiger partial charge on any atom is -0.320 e. The molecule has 1 atom stereocenters. The first-order chi connectivity index (χ1) is 8.90. The minimum atomic E-state index is -1.04. The second-order valence-corrected chi connectivity index (χ2v) is 5.19. The fraction of sp³-hybridized carbons (Fsp3) is 0.0769. The predicted molar refractivity (Wildman–Crippen MR) is 71.5 cm³/mol. The fourth-order valence-corrected chi connectivity index (χ4v) is 2.56. The van der Waals surface area contributed by atoms with Gasteiger partial charge in [0.1, 0.15) is 5.82 Å². The van der Waals surface area contributed by atoms with Crippen molar-refractivity contribution in [1.29, 1.82) is 0 Å². The van der Waals surface area contributed by atoms with Gasteiger partial charge in [0.05, 0.1) is 6.04 Å². The molecule has 6 heteroatoms. The molecule has 0 saturated heterocycles. The molecule has 0 aliphatic carbocycles. The van der Waals surface area contributed by atoms with Crippen molar-refractivity contribution in [3.05, 3.63) is 68.4 Å². The number of nitrogens with two attached hydrogens (primary N) is 1. The van der Waals surface area contributed by atoms with Crippen LogP contribution >= 0.6 is 27.5 Å². The fourth-order valence-electron chi connectivity index (χ4n) is 1.70. The van der Waals surface area contributed by atoms with Crippen LogP contribution in [0.1, 0.15) is 17.2 Å². The molecule has 0 fully saturated rings. The van der Waals surface area contributed by atoms with Crippen LogP contribution in [0.15, 0.2) is 34.8 Å². The van der Waals surface area contributed by atoms with E-state index in [0.29, 0.717) is 10.0 Å². The third-order valence-corrected chi connectivity index (χ3v) is 3.69. The molecule has 0 aromatic heterocycles. The van der Waals surface area contributed by atoms with Crippen molar-refractivity contribution in [2.24, 2.45) is 5.73 Å². The molecule has 2 aromatic carbocycles. The van der Waals surface area contributed by atoms with Gasteiger partial charge in [0.2, 0.25) is 0 Å². The Morgan fingerprint density at radius 2 is 1.63 bits per heavy atom. The van der Waals surface area contributed by atoms with Crippen molar-refractivity contribution >= 4 is 27.5 Å². The van der Waals surface area contributed by atoms with Crippen molar-refractivity contribution < 1.29 is 13.2 Å². The number of hydrogen-bond donors (Lipinski definition) is 1. The molecule has 2 N–H and O–H groups in total. The van der Waals surface area contributed by atoms with Crippen LogP contribution in [0.5, 0.6) is 0 Å². The third-order valence-electron chi connectivity index (χ3n) is 2.67. The van der Waals surface area contributed by atoms with E-state index in [-0.39, 0.29) is 10.6 Å². The maximum absolute atomic E-state index is 13.2. The molecule has 2 rings (SSSR count). The van der Waals surface area contributed by atoms with Gasteiger partial charge in [-0.3, -0.25) is 0 Å². The van der Waals surface area contributed by atoms with Crippen LogP contribution in [0.3, 0.4) is 0 Å². The first kappa shape index (κ1) is 14.4. The molecule has 1 nitrogen and oxygen atoms in total. The van der Waals surface area contributed by atoms with Crippen LogP contribution in [0.25, 0.3) is 0 Å². The molecule has 0 heterocycles. The lowest BCUT2D eigenvalue weighted by molar-refractivity contribution is 0.506. The number of benzene rings is 2. The van der Waals surface area contributed by atoms with Crippen LogP contribution in [-0.4, -0.2) is 0 Å². The summed E-state index contributed by atoms with van der Waals surface area (Å²) in [6, 6.07) is 4.94. The van der Waals surface area contributed by atoms with Crippen molar-refractivity contribution in [3.8, 4) is 0 Å². The first-order valence-corrected chi connectivity index (χ1v) is 6.42. The van der Waals surface area contributed by atoms with Crippen molar-refractivity contribution in [2.75, 3.05) is 0 Å². The summed E-state index contributed by atoms with van der Waals surface area (Å²) in [5.41, 5.74) is 6.71. The average Bonchev–Trinajstić information content (AvgIpc) is 2.33. The topological polar surface area (TPSA) is 26.0 Å². The summed E-state index contributed by atoms with van der Waals surface area (Å²) in [7, 11) is 0. The van der Waals surface area contributed by atoms with Crippen LogP contribution in [-0.2, 0) is 0 Å². The van der Waals surface area contributed by atoms with Crippen LogP contribution in [0.2, 0.25) is 5.02 Å². The molecule has 0 amide bonds. The molecule has 0 aliphatic heterocycles. The summed E-state index contributed by atoms with van der Waals surface area (Å²) >= 11 is 9.03. The molecule has 100 valence electrons. The van der Waals surface area contributed by atoms with Gasteiger partial charge in [-0.05, 0) is 35.4 Å². The predicted octanol–water partition coefficient (Wildman–Crippen LogP) is 4.57. The summed E-state index contributed by atoms with van der Waals surface area (Å²) in [6.45, 7) is 0. The zero-order chi connectivity index (χ0) is 14.2. The average molecular weight is 351 g/mol. The number of rotatable bonds is 2. The van der Waals surface area contributed by atoms with Gasteiger partial charge in [-0.1, -0.05) is 33.6 Å². The highest BCUT2D eigenvalue weighted by molar-refractivity contribution is 9.10. The van der Waals surface area contributed by atoms with Crippen LogP contribution < -0.4 is 5.73 Å². The molecule has 0 radical (unpaired) electrons. The molecular formula is C13H8BrClF3N. The molecule has 19 heavy (non-hydrogen) atoms. The summed E-state index contributed by atoms with van der Waals surface area (Å²) < 4.78 is 39.7. The Balaban J connectivity index is 2.49. The third kappa shape index (κ3) is 2.94. The lowest BCUT2D eigenvalue weighted by Crippen LogP contribution is -2.14. The van der Waals surface area contributed by atoms with Crippen molar-refractivity contribution in [2.45, 2.75) is 6.04 Å². The Morgan fingerprint density at radius 3 is 2.26 bits per heavy atom. The van der Waals surface area contributed by atoms with Gasteiger partial charge in [0.25, 0.3) is 0 Å². The summed E-state index contributed by atoms with van der Waals surface area (Å²) in [5, 5.41) is 0.0163. The zero-order valence-electron chi connectivity index (χ0n) is 9.43. The van der Waals surface area contributed by atoms with Gasteiger partial charge >= 0.3 is 0 Å². The van der Waals surface area contributed by atoms with Gasteiger partial charge in [-0.2, -0.15) is 0 Å². The highest BCUT2D eigenvalue weighted by Crippen LogP contribution is 2.32. The van der Waals surface area contributed by atoms with Gasteiger partial charge in [0.15, 0.2) is 11.6 Å². The smallest absolute Gasteiger partial charge is 0.160 e. The summed E-state index contributed by atoms with van der Waals surface area (Å²) in [4.78, 5) is 0. The molecule has 1 unspecified atom stereocenters. The molecule has 0 spiro atoms. The van der Waals surface area contributed by atoms with Gasteiger partial charge in [-0.25, -0.2) is 13.2 Å². The normalized spacial score (nSPS) is 12.5. The van der Waals surface area contributed by atoms with E-state index >= 15 is 0 Å². The Bertz CT molecular complexity index is 634. The van der Waals surface area contributed by atoms with E-state index in [1.807, 2.05) is 0 Å². The van der Waals surface area contributed by atoms with Crippen LogP contribution in [0.4, 0.5) is 13.2 Å². The molecule has 0 aliphatic rings. The van der Waals surface area contributed by atoms with E-state index < -0.39 is 23.5 Å². The lowest BCUT2D eigenvalue weighted by Gasteiger charge is -2.16. The number of halogens is 5. The lowest BCUT2D eigenvalue weighted by atomic mass is 9.99. The van der Waals surface area contributed by atoms with Crippen molar-refractivity contribution in [1.82, 2.24) is 0 Å². The maximum atomic E-state index is 13.2. The minimum absolute atomic E-state index is 0.0163. The van der Waals surface area contributed by atoms with Gasteiger partial charge in [0, 0.05) is 9.50 Å².